The van der Waals surface area contributed by atoms with Gasteiger partial charge >= 0.3 is 47.7 Å². The van der Waals surface area contributed by atoms with E-state index in [2.05, 4.69) is 4.74 Å². The lowest BCUT2D eigenvalue weighted by Gasteiger charge is -2.41. The van der Waals surface area contributed by atoms with Crippen molar-refractivity contribution < 1.29 is 94.1 Å². The SMILES string of the molecule is [O-][P+]([O-])(O)Cc1ccc(OC(F)(F)C(F)(F)C(F)(F)C(F)(F)C(F)(F)C(F)(F)C(F)(F)C(F)=C(F)F)cc1. The van der Waals surface area contributed by atoms with Crippen molar-refractivity contribution in [1.29, 1.82) is 0 Å². The van der Waals surface area contributed by atoms with Gasteiger partial charge in [-0.15, -0.1) is 0 Å². The van der Waals surface area contributed by atoms with Crippen molar-refractivity contribution in [2.45, 2.75) is 47.8 Å². The summed E-state index contributed by atoms with van der Waals surface area (Å²) in [6.45, 7) is 0. The molecule has 38 heavy (non-hydrogen) atoms. The lowest BCUT2D eigenvalue weighted by atomic mass is 9.90. The Morgan fingerprint density at radius 1 is 0.658 bits per heavy atom. The number of ether oxygens (including phenoxy) is 1. The molecule has 0 aliphatic heterocycles. The number of allylic oxidation sites excluding steroid dienone is 1. The third-order valence-electron chi connectivity index (χ3n) is 4.33. The molecule has 0 radical (unpaired) electrons. The summed E-state index contributed by atoms with van der Waals surface area (Å²) in [6.07, 6.45) is -12.8. The predicted molar refractivity (Wildman–Crippen MR) is 84.9 cm³/mol. The van der Waals surface area contributed by atoms with Crippen LogP contribution in [-0.2, 0) is 6.16 Å². The molecule has 1 aromatic rings. The minimum absolute atomic E-state index is 0.0647. The maximum absolute atomic E-state index is 13.8. The fourth-order valence-electron chi connectivity index (χ4n) is 2.33. The Balaban J connectivity index is 3.51. The van der Waals surface area contributed by atoms with Crippen LogP contribution in [0.5, 0.6) is 5.75 Å². The normalized spacial score (nSPS) is 14.9. The Morgan fingerprint density at radius 3 is 1.39 bits per heavy atom. The van der Waals surface area contributed by atoms with Crippen LogP contribution in [0.2, 0.25) is 0 Å². The zero-order valence-corrected chi connectivity index (χ0v) is 18.0. The highest BCUT2D eigenvalue weighted by Gasteiger charge is 2.94. The molecule has 0 bridgehead atoms. The Hall–Kier alpha value is -2.12. The van der Waals surface area contributed by atoms with Crippen molar-refractivity contribution in [3.8, 4) is 5.75 Å². The van der Waals surface area contributed by atoms with Gasteiger partial charge in [0.25, 0.3) is 0 Å². The third kappa shape index (κ3) is 5.46. The highest BCUT2D eigenvalue weighted by molar-refractivity contribution is 7.54. The van der Waals surface area contributed by atoms with Crippen LogP contribution in [0, 0.1) is 0 Å². The second-order valence-electron chi connectivity index (χ2n) is 7.08. The summed E-state index contributed by atoms with van der Waals surface area (Å²) in [6, 6.07) is 0.907. The summed E-state index contributed by atoms with van der Waals surface area (Å²) in [5.74, 6) is -56.4. The summed E-state index contributed by atoms with van der Waals surface area (Å²) in [5, 5.41) is 0. The monoisotopic (exact) mass is 617 g/mol. The average molecular weight is 617 g/mol. The molecule has 0 saturated heterocycles. The molecule has 0 spiro atoms. The Morgan fingerprint density at radius 2 is 1.03 bits per heavy atom. The zero-order valence-electron chi connectivity index (χ0n) is 17.1. The van der Waals surface area contributed by atoms with Crippen LogP contribution >= 0.6 is 7.94 Å². The van der Waals surface area contributed by atoms with Gasteiger partial charge in [-0.3, -0.25) is 4.89 Å². The van der Waals surface area contributed by atoms with Gasteiger partial charge in [-0.2, -0.15) is 74.6 Å². The van der Waals surface area contributed by atoms with Gasteiger partial charge in [-0.25, -0.2) is 0 Å². The van der Waals surface area contributed by atoms with Gasteiger partial charge in [-0.05, 0) is 17.7 Å². The van der Waals surface area contributed by atoms with Crippen LogP contribution in [0.1, 0.15) is 5.56 Å². The molecule has 0 heterocycles. The topological polar surface area (TPSA) is 75.6 Å². The smallest absolute Gasteiger partial charge is 0.471 e. The second kappa shape index (κ2) is 9.81. The van der Waals surface area contributed by atoms with E-state index in [-0.39, 0.29) is 12.1 Å². The van der Waals surface area contributed by atoms with Crippen molar-refractivity contribution in [1.82, 2.24) is 0 Å². The minimum atomic E-state index is -8.66. The maximum atomic E-state index is 13.8. The zero-order chi connectivity index (χ0) is 30.6. The number of halogens is 17. The maximum Gasteiger partial charge on any atom is 0.471 e. The molecule has 0 fully saturated rings. The molecule has 0 aliphatic carbocycles. The summed E-state index contributed by atoms with van der Waals surface area (Å²) >= 11 is 0. The van der Waals surface area contributed by atoms with Crippen LogP contribution in [0.25, 0.3) is 0 Å². The second-order valence-corrected chi connectivity index (χ2v) is 8.67. The highest BCUT2D eigenvalue weighted by Crippen LogP contribution is 2.63. The van der Waals surface area contributed by atoms with E-state index in [1.54, 1.807) is 0 Å². The van der Waals surface area contributed by atoms with Crippen molar-refractivity contribution in [2.75, 3.05) is 0 Å². The first kappa shape index (κ1) is 33.9. The molecule has 4 nitrogen and oxygen atoms in total. The average Bonchev–Trinajstić information content (AvgIpc) is 2.72. The van der Waals surface area contributed by atoms with E-state index >= 15 is 0 Å². The molecule has 1 N–H and O–H groups in total. The van der Waals surface area contributed by atoms with Gasteiger partial charge in [0.1, 0.15) is 11.9 Å². The van der Waals surface area contributed by atoms with E-state index in [9.17, 15) is 84.4 Å². The van der Waals surface area contributed by atoms with Gasteiger partial charge in [0, 0.05) is 0 Å². The fourth-order valence-corrected chi connectivity index (χ4v) is 3.01. The van der Waals surface area contributed by atoms with Crippen LogP contribution in [0.4, 0.5) is 74.6 Å². The number of rotatable bonds is 11. The molecule has 0 aromatic heterocycles. The number of alkyl halides is 14. The van der Waals surface area contributed by atoms with E-state index in [0.29, 0.717) is 12.1 Å². The molecular formula is C16H7F17O4P-. The molecule has 220 valence electrons. The largest absolute Gasteiger partial charge is 0.659 e. The van der Waals surface area contributed by atoms with Crippen molar-refractivity contribution >= 4 is 7.94 Å². The summed E-state index contributed by atoms with van der Waals surface area (Å²) < 4.78 is 229. The molecular weight excluding hydrogens is 610 g/mol. The third-order valence-corrected chi connectivity index (χ3v) is 5.10. The molecule has 22 heteroatoms. The minimum Gasteiger partial charge on any atom is -0.659 e. The van der Waals surface area contributed by atoms with Crippen molar-refractivity contribution in [3.05, 3.63) is 41.7 Å². The molecule has 0 amide bonds. The first-order valence-electron chi connectivity index (χ1n) is 8.68. The lowest BCUT2D eigenvalue weighted by Crippen LogP contribution is -2.73. The van der Waals surface area contributed by atoms with Gasteiger partial charge in [0.15, 0.2) is 0 Å². The molecule has 0 aliphatic rings. The van der Waals surface area contributed by atoms with E-state index in [1.165, 1.54) is 0 Å². The first-order chi connectivity index (χ1) is 16.5. The quantitative estimate of drug-likeness (QED) is 0.262. The molecule has 0 unspecified atom stereocenters. The van der Waals surface area contributed by atoms with E-state index < -0.39 is 79.0 Å². The summed E-state index contributed by atoms with van der Waals surface area (Å²) in [5.41, 5.74) is -0.501. The number of hydrogen-bond acceptors (Lipinski definition) is 4. The standard InChI is InChI=1S/C16H8F17O4P/c17-8(9(18)19)10(20,21)11(22,23)12(24,25)13(26,27)14(28,29)15(30,31)16(32,33)37-7-3-1-6(2-4-7)5-38(34,35)36/h1-4H,5H2,(H2,34,35,36)/p-1. The molecule has 1 aromatic carbocycles. The fraction of sp³-hybridized carbons (Fsp3) is 0.500. The highest BCUT2D eigenvalue weighted by atomic mass is 31.2. The van der Waals surface area contributed by atoms with Crippen molar-refractivity contribution in [2.24, 2.45) is 0 Å². The van der Waals surface area contributed by atoms with Crippen LogP contribution in [-0.4, -0.2) is 46.5 Å². The van der Waals surface area contributed by atoms with Gasteiger partial charge < -0.3 is 14.5 Å². The van der Waals surface area contributed by atoms with E-state index in [0.717, 1.165) is 0 Å². The lowest BCUT2D eigenvalue weighted by molar-refractivity contribution is -0.456. The van der Waals surface area contributed by atoms with E-state index in [1.807, 2.05) is 0 Å². The first-order valence-corrected chi connectivity index (χ1v) is 10.4. The summed E-state index contributed by atoms with van der Waals surface area (Å²) in [7, 11) is -5.06. The number of benzene rings is 1. The predicted octanol–water partition coefficient (Wildman–Crippen LogP) is 5.52. The summed E-state index contributed by atoms with van der Waals surface area (Å²) in [4.78, 5) is 30.0. The van der Waals surface area contributed by atoms with Gasteiger partial charge in [0.2, 0.25) is 5.83 Å². The Labute approximate surface area is 198 Å². The molecule has 0 atom stereocenters. The van der Waals surface area contributed by atoms with Crippen LogP contribution in [0.3, 0.4) is 0 Å². The van der Waals surface area contributed by atoms with E-state index in [4.69, 9.17) is 4.89 Å². The number of hydrogen-bond donors (Lipinski definition) is 1. The Kier molecular flexibility index (Phi) is 8.75. The van der Waals surface area contributed by atoms with Gasteiger partial charge in [0.05, 0.1) is 7.94 Å². The van der Waals surface area contributed by atoms with Gasteiger partial charge in [-0.1, -0.05) is 12.1 Å². The van der Waals surface area contributed by atoms with Crippen LogP contribution in [0.15, 0.2) is 36.2 Å². The Bertz CT molecular complexity index is 1030. The van der Waals surface area contributed by atoms with Crippen molar-refractivity contribution in [3.63, 3.8) is 0 Å². The molecule has 0 saturated carbocycles. The van der Waals surface area contributed by atoms with Crippen LogP contribution < -0.4 is 14.5 Å². The molecule has 1 rings (SSSR count).